The number of benzene rings is 2. The molecule has 0 spiro atoms. The van der Waals surface area contributed by atoms with E-state index in [-0.39, 0.29) is 11.9 Å². The molecule has 0 aromatic heterocycles. The molecule has 0 saturated carbocycles. The first kappa shape index (κ1) is 14.2. The molecular weight excluding hydrogens is 305 g/mol. The Hall–Kier alpha value is -1.19. The Balaban J connectivity index is 2.48. The third-order valence-corrected chi connectivity index (χ3v) is 3.69. The summed E-state index contributed by atoms with van der Waals surface area (Å²) < 4.78 is 14.8. The van der Waals surface area contributed by atoms with Crippen LogP contribution in [0.15, 0.2) is 46.9 Å². The van der Waals surface area contributed by atoms with Gasteiger partial charge in [-0.3, -0.25) is 0 Å². The second-order valence-corrected chi connectivity index (χ2v) is 5.40. The van der Waals surface area contributed by atoms with E-state index in [0.717, 1.165) is 12.1 Å². The maximum Gasteiger partial charge on any atom is 0.142 e. The highest BCUT2D eigenvalue weighted by molar-refractivity contribution is 9.10. The molecule has 2 aromatic rings. The zero-order valence-corrected chi connectivity index (χ0v) is 12.7. The first-order chi connectivity index (χ1) is 9.13. The molecule has 0 radical (unpaired) electrons. The summed E-state index contributed by atoms with van der Waals surface area (Å²) in [6, 6.07) is 13.5. The number of nitrogens with one attached hydrogen (secondary N) is 1. The van der Waals surface area contributed by atoms with Gasteiger partial charge in [-0.2, -0.15) is 0 Å². The van der Waals surface area contributed by atoms with E-state index in [1.807, 2.05) is 44.2 Å². The van der Waals surface area contributed by atoms with Gasteiger partial charge in [0.1, 0.15) is 5.82 Å². The highest BCUT2D eigenvalue weighted by Crippen LogP contribution is 2.28. The lowest BCUT2D eigenvalue weighted by molar-refractivity contribution is 0.555. The molecule has 0 aliphatic heterocycles. The molecule has 1 N–H and O–H groups in total. The molecular formula is C16H17BrFN. The van der Waals surface area contributed by atoms with E-state index in [1.54, 1.807) is 6.07 Å². The van der Waals surface area contributed by atoms with Crippen molar-refractivity contribution in [2.75, 3.05) is 6.54 Å². The lowest BCUT2D eigenvalue weighted by atomic mass is 9.97. The Morgan fingerprint density at radius 3 is 2.63 bits per heavy atom. The normalized spacial score (nSPS) is 12.4. The second kappa shape index (κ2) is 6.31. The summed E-state index contributed by atoms with van der Waals surface area (Å²) in [6.45, 7) is 4.85. The summed E-state index contributed by atoms with van der Waals surface area (Å²) in [4.78, 5) is 0. The Kier molecular flexibility index (Phi) is 4.72. The number of hydrogen-bond donors (Lipinski definition) is 1. The summed E-state index contributed by atoms with van der Waals surface area (Å²) in [7, 11) is 0. The predicted octanol–water partition coefficient (Wildman–Crippen LogP) is 4.60. The molecule has 2 rings (SSSR count). The molecule has 0 bridgehead atoms. The van der Waals surface area contributed by atoms with Crippen molar-refractivity contribution < 1.29 is 4.39 Å². The molecule has 19 heavy (non-hydrogen) atoms. The Bertz CT molecular complexity index is 568. The lowest BCUT2D eigenvalue weighted by Gasteiger charge is -2.20. The smallest absolute Gasteiger partial charge is 0.142 e. The quantitative estimate of drug-likeness (QED) is 0.868. The zero-order valence-electron chi connectivity index (χ0n) is 11.1. The largest absolute Gasteiger partial charge is 0.306 e. The first-order valence-electron chi connectivity index (χ1n) is 6.37. The third-order valence-electron chi connectivity index (χ3n) is 3.08. The van der Waals surface area contributed by atoms with Crippen molar-refractivity contribution >= 4 is 15.9 Å². The van der Waals surface area contributed by atoms with Crippen molar-refractivity contribution in [3.05, 3.63) is 69.4 Å². The third kappa shape index (κ3) is 3.23. The Morgan fingerprint density at radius 2 is 1.95 bits per heavy atom. The van der Waals surface area contributed by atoms with E-state index in [9.17, 15) is 4.39 Å². The van der Waals surface area contributed by atoms with Gasteiger partial charge in [0.15, 0.2) is 0 Å². The van der Waals surface area contributed by atoms with Gasteiger partial charge in [-0.25, -0.2) is 4.39 Å². The lowest BCUT2D eigenvalue weighted by Crippen LogP contribution is -2.23. The van der Waals surface area contributed by atoms with E-state index < -0.39 is 0 Å². The SMILES string of the molecule is CCNC(c1cccc(C)c1)c1cccc(Br)c1F. The number of hydrogen-bond acceptors (Lipinski definition) is 1. The minimum absolute atomic E-state index is 0.123. The van der Waals surface area contributed by atoms with E-state index in [2.05, 4.69) is 27.3 Å². The van der Waals surface area contributed by atoms with Crippen LogP contribution in [0.4, 0.5) is 4.39 Å². The van der Waals surface area contributed by atoms with Gasteiger partial charge in [0.25, 0.3) is 0 Å². The molecule has 1 unspecified atom stereocenters. The number of aryl methyl sites for hydroxylation is 1. The van der Waals surface area contributed by atoms with Crippen LogP contribution in [0.25, 0.3) is 0 Å². The Morgan fingerprint density at radius 1 is 1.21 bits per heavy atom. The van der Waals surface area contributed by atoms with Crippen molar-refractivity contribution in [2.45, 2.75) is 19.9 Å². The van der Waals surface area contributed by atoms with Crippen LogP contribution in [-0.4, -0.2) is 6.54 Å². The van der Waals surface area contributed by atoms with Gasteiger partial charge in [-0.1, -0.05) is 48.9 Å². The fourth-order valence-electron chi connectivity index (χ4n) is 2.20. The Labute approximate surface area is 122 Å². The van der Waals surface area contributed by atoms with Crippen LogP contribution in [0.2, 0.25) is 0 Å². The molecule has 0 heterocycles. The molecule has 0 amide bonds. The monoisotopic (exact) mass is 321 g/mol. The van der Waals surface area contributed by atoms with Crippen LogP contribution in [0.5, 0.6) is 0 Å². The first-order valence-corrected chi connectivity index (χ1v) is 7.16. The topological polar surface area (TPSA) is 12.0 Å². The van der Waals surface area contributed by atoms with Gasteiger partial charge in [0.05, 0.1) is 10.5 Å². The van der Waals surface area contributed by atoms with Crippen LogP contribution >= 0.6 is 15.9 Å². The molecule has 1 atom stereocenters. The van der Waals surface area contributed by atoms with Gasteiger partial charge in [0.2, 0.25) is 0 Å². The van der Waals surface area contributed by atoms with Gasteiger partial charge < -0.3 is 5.32 Å². The van der Waals surface area contributed by atoms with Crippen LogP contribution in [0, 0.1) is 12.7 Å². The van der Waals surface area contributed by atoms with Gasteiger partial charge in [-0.15, -0.1) is 0 Å². The molecule has 3 heteroatoms. The molecule has 0 aliphatic carbocycles. The summed E-state index contributed by atoms with van der Waals surface area (Å²) in [5, 5.41) is 3.35. The van der Waals surface area contributed by atoms with E-state index in [0.29, 0.717) is 10.0 Å². The molecule has 2 aromatic carbocycles. The number of halogens is 2. The van der Waals surface area contributed by atoms with Gasteiger partial charge in [0, 0.05) is 5.56 Å². The highest BCUT2D eigenvalue weighted by Gasteiger charge is 2.18. The van der Waals surface area contributed by atoms with Crippen LogP contribution in [0.1, 0.15) is 29.7 Å². The maximum atomic E-state index is 14.3. The summed E-state index contributed by atoms with van der Waals surface area (Å²) >= 11 is 3.25. The van der Waals surface area contributed by atoms with Gasteiger partial charge in [-0.05, 0) is 41.0 Å². The minimum atomic E-state index is -0.199. The average molecular weight is 322 g/mol. The summed E-state index contributed by atoms with van der Waals surface area (Å²) in [5.74, 6) is -0.199. The van der Waals surface area contributed by atoms with Gasteiger partial charge >= 0.3 is 0 Å². The molecule has 1 nitrogen and oxygen atoms in total. The average Bonchev–Trinajstić information content (AvgIpc) is 2.40. The van der Waals surface area contributed by atoms with Crippen LogP contribution in [0.3, 0.4) is 0 Å². The predicted molar refractivity (Wildman–Crippen MR) is 80.8 cm³/mol. The second-order valence-electron chi connectivity index (χ2n) is 4.55. The number of rotatable bonds is 4. The molecule has 100 valence electrons. The van der Waals surface area contributed by atoms with Crippen molar-refractivity contribution in [1.82, 2.24) is 5.32 Å². The van der Waals surface area contributed by atoms with Crippen LogP contribution < -0.4 is 5.32 Å². The standard InChI is InChI=1S/C16H17BrFN/c1-3-19-16(12-7-4-6-11(2)10-12)13-8-5-9-14(17)15(13)18/h4-10,16,19H,3H2,1-2H3. The van der Waals surface area contributed by atoms with Crippen LogP contribution in [-0.2, 0) is 0 Å². The fourth-order valence-corrected chi connectivity index (χ4v) is 2.59. The van der Waals surface area contributed by atoms with Crippen molar-refractivity contribution in [1.29, 1.82) is 0 Å². The minimum Gasteiger partial charge on any atom is -0.306 e. The van der Waals surface area contributed by atoms with Crippen molar-refractivity contribution in [2.24, 2.45) is 0 Å². The highest BCUT2D eigenvalue weighted by atomic mass is 79.9. The fraction of sp³-hybridized carbons (Fsp3) is 0.250. The molecule has 0 aliphatic rings. The molecule has 0 saturated heterocycles. The van der Waals surface area contributed by atoms with E-state index in [1.165, 1.54) is 5.56 Å². The van der Waals surface area contributed by atoms with E-state index >= 15 is 0 Å². The molecule has 0 fully saturated rings. The van der Waals surface area contributed by atoms with Crippen molar-refractivity contribution in [3.63, 3.8) is 0 Å². The summed E-state index contributed by atoms with van der Waals surface area (Å²) in [6.07, 6.45) is 0. The van der Waals surface area contributed by atoms with E-state index in [4.69, 9.17) is 0 Å². The zero-order chi connectivity index (χ0) is 13.8. The maximum absolute atomic E-state index is 14.3. The van der Waals surface area contributed by atoms with Crippen molar-refractivity contribution in [3.8, 4) is 0 Å². The summed E-state index contributed by atoms with van der Waals surface area (Å²) in [5.41, 5.74) is 2.93.